The van der Waals surface area contributed by atoms with Crippen molar-refractivity contribution in [2.45, 2.75) is 0 Å². The molecule has 26 heavy (non-hydrogen) atoms. The molecule has 0 N–H and O–H groups in total. The average molecular weight is 393 g/mol. The van der Waals surface area contributed by atoms with E-state index >= 15 is 0 Å². The molecule has 0 aliphatic carbocycles. The zero-order chi connectivity index (χ0) is 18.7. The minimum absolute atomic E-state index is 0.0610. The first-order valence-electron chi connectivity index (χ1n) is 8.17. The number of hydrogen-bond donors (Lipinski definition) is 0. The predicted octanol–water partition coefficient (Wildman–Crippen LogP) is 3.60. The van der Waals surface area contributed by atoms with Crippen LogP contribution in [0, 0.1) is 0 Å². The van der Waals surface area contributed by atoms with Gasteiger partial charge >= 0.3 is 0 Å². The molecule has 0 atom stereocenters. The van der Waals surface area contributed by atoms with Crippen LogP contribution in [0.15, 0.2) is 42.5 Å². The van der Waals surface area contributed by atoms with Crippen LogP contribution in [-0.4, -0.2) is 54.9 Å². The van der Waals surface area contributed by atoms with Gasteiger partial charge in [-0.05, 0) is 42.5 Å². The fraction of sp³-hybridized carbons (Fsp3) is 0.263. The minimum atomic E-state index is -0.150. The number of rotatable bonds is 3. The maximum absolute atomic E-state index is 12.8. The first kappa shape index (κ1) is 18.5. The molecule has 1 fully saturated rings. The minimum Gasteiger partial charge on any atom is -0.496 e. The molecule has 0 bridgehead atoms. The third-order valence-electron chi connectivity index (χ3n) is 4.34. The van der Waals surface area contributed by atoms with Gasteiger partial charge in [-0.15, -0.1) is 0 Å². The summed E-state index contributed by atoms with van der Waals surface area (Å²) in [5.74, 6) is 0.274. The first-order valence-corrected chi connectivity index (χ1v) is 8.93. The van der Waals surface area contributed by atoms with Gasteiger partial charge in [-0.25, -0.2) is 0 Å². The van der Waals surface area contributed by atoms with Crippen LogP contribution in [0.5, 0.6) is 5.75 Å². The van der Waals surface area contributed by atoms with E-state index in [-0.39, 0.29) is 11.8 Å². The van der Waals surface area contributed by atoms with Gasteiger partial charge in [0.2, 0.25) is 0 Å². The van der Waals surface area contributed by atoms with Crippen LogP contribution < -0.4 is 4.74 Å². The van der Waals surface area contributed by atoms with Crippen molar-refractivity contribution in [1.29, 1.82) is 0 Å². The third kappa shape index (κ3) is 3.94. The second kappa shape index (κ2) is 7.98. The lowest BCUT2D eigenvalue weighted by Gasteiger charge is -2.35. The van der Waals surface area contributed by atoms with Crippen molar-refractivity contribution in [3.63, 3.8) is 0 Å². The molecule has 2 amide bonds. The lowest BCUT2D eigenvalue weighted by atomic mass is 10.1. The summed E-state index contributed by atoms with van der Waals surface area (Å²) in [6.07, 6.45) is 0. The quantitative estimate of drug-likeness (QED) is 0.801. The molecule has 2 aromatic carbocycles. The third-order valence-corrected chi connectivity index (χ3v) is 4.82. The highest BCUT2D eigenvalue weighted by molar-refractivity contribution is 6.31. The van der Waals surface area contributed by atoms with Crippen molar-refractivity contribution in [2.24, 2.45) is 0 Å². The van der Waals surface area contributed by atoms with Gasteiger partial charge in [0.25, 0.3) is 11.8 Å². The second-order valence-corrected chi connectivity index (χ2v) is 6.81. The highest BCUT2D eigenvalue weighted by Gasteiger charge is 2.27. The fourth-order valence-electron chi connectivity index (χ4n) is 2.91. The lowest BCUT2D eigenvalue weighted by Crippen LogP contribution is -2.50. The summed E-state index contributed by atoms with van der Waals surface area (Å²) in [5.41, 5.74) is 1.02. The Balaban J connectivity index is 1.66. The second-order valence-electron chi connectivity index (χ2n) is 5.94. The standard InChI is InChI=1S/C19H18Cl2N2O3/c1-26-17-7-6-15(21)12-16(17)19(25)23-10-8-22(9-11-23)18(24)13-2-4-14(20)5-3-13/h2-7,12H,8-11H2,1H3. The topological polar surface area (TPSA) is 49.9 Å². The SMILES string of the molecule is COc1ccc(Cl)cc1C(=O)N1CCN(C(=O)c2ccc(Cl)cc2)CC1. The number of carbonyl (C=O) groups is 2. The molecule has 0 saturated carbocycles. The van der Waals surface area contributed by atoms with E-state index in [1.165, 1.54) is 7.11 Å². The molecule has 1 aliphatic heterocycles. The van der Waals surface area contributed by atoms with Gasteiger partial charge in [-0.2, -0.15) is 0 Å². The van der Waals surface area contributed by atoms with Crippen molar-refractivity contribution in [2.75, 3.05) is 33.3 Å². The molecule has 1 saturated heterocycles. The van der Waals surface area contributed by atoms with Gasteiger partial charge in [0.05, 0.1) is 12.7 Å². The summed E-state index contributed by atoms with van der Waals surface area (Å²) >= 11 is 11.9. The lowest BCUT2D eigenvalue weighted by molar-refractivity contribution is 0.0533. The summed E-state index contributed by atoms with van der Waals surface area (Å²) in [5, 5.41) is 1.07. The molecule has 1 heterocycles. The largest absolute Gasteiger partial charge is 0.496 e. The zero-order valence-electron chi connectivity index (χ0n) is 14.2. The summed E-state index contributed by atoms with van der Waals surface area (Å²) < 4.78 is 5.26. The van der Waals surface area contributed by atoms with Crippen molar-refractivity contribution < 1.29 is 14.3 Å². The smallest absolute Gasteiger partial charge is 0.257 e. The van der Waals surface area contributed by atoms with E-state index in [0.29, 0.717) is 53.1 Å². The van der Waals surface area contributed by atoms with Crippen LogP contribution in [0.2, 0.25) is 10.0 Å². The summed E-state index contributed by atoms with van der Waals surface area (Å²) in [7, 11) is 1.52. The average Bonchev–Trinajstić information content (AvgIpc) is 2.67. The molecule has 0 radical (unpaired) electrons. The summed E-state index contributed by atoms with van der Waals surface area (Å²) in [6, 6.07) is 11.8. The van der Waals surface area contributed by atoms with Crippen LogP contribution in [-0.2, 0) is 0 Å². The Morgan fingerprint density at radius 3 is 1.96 bits per heavy atom. The Hall–Kier alpha value is -2.24. The van der Waals surface area contributed by atoms with Crippen LogP contribution in [0.4, 0.5) is 0 Å². The Morgan fingerprint density at radius 2 is 1.38 bits per heavy atom. The molecule has 3 rings (SSSR count). The van der Waals surface area contributed by atoms with E-state index in [1.54, 1.807) is 52.3 Å². The summed E-state index contributed by atoms with van der Waals surface area (Å²) in [6.45, 7) is 1.84. The van der Waals surface area contributed by atoms with E-state index in [2.05, 4.69) is 0 Å². The number of piperazine rings is 1. The number of ether oxygens (including phenoxy) is 1. The van der Waals surface area contributed by atoms with Crippen LogP contribution in [0.3, 0.4) is 0 Å². The Morgan fingerprint density at radius 1 is 0.846 bits per heavy atom. The normalized spacial score (nSPS) is 14.3. The first-order chi connectivity index (χ1) is 12.5. The predicted molar refractivity (Wildman–Crippen MR) is 101 cm³/mol. The number of carbonyl (C=O) groups excluding carboxylic acids is 2. The van der Waals surface area contributed by atoms with Gasteiger partial charge in [0.15, 0.2) is 0 Å². The van der Waals surface area contributed by atoms with Crippen LogP contribution in [0.25, 0.3) is 0 Å². The van der Waals surface area contributed by atoms with Crippen LogP contribution >= 0.6 is 23.2 Å². The van der Waals surface area contributed by atoms with E-state index in [1.807, 2.05) is 0 Å². The number of methoxy groups -OCH3 is 1. The van der Waals surface area contributed by atoms with Gasteiger partial charge in [0.1, 0.15) is 5.75 Å². The number of nitrogens with zero attached hydrogens (tertiary/aromatic N) is 2. The molecule has 5 nitrogen and oxygen atoms in total. The van der Waals surface area contributed by atoms with Gasteiger partial charge in [-0.3, -0.25) is 9.59 Å². The number of halogens is 2. The highest BCUT2D eigenvalue weighted by atomic mass is 35.5. The molecular formula is C19H18Cl2N2O3. The molecule has 0 unspecified atom stereocenters. The van der Waals surface area contributed by atoms with Crippen molar-refractivity contribution in [1.82, 2.24) is 9.80 Å². The van der Waals surface area contributed by atoms with Crippen LogP contribution in [0.1, 0.15) is 20.7 Å². The van der Waals surface area contributed by atoms with E-state index in [9.17, 15) is 9.59 Å². The van der Waals surface area contributed by atoms with E-state index < -0.39 is 0 Å². The number of benzene rings is 2. The van der Waals surface area contributed by atoms with Gasteiger partial charge in [0, 0.05) is 41.8 Å². The van der Waals surface area contributed by atoms with E-state index in [4.69, 9.17) is 27.9 Å². The maximum atomic E-state index is 12.8. The van der Waals surface area contributed by atoms with Crippen molar-refractivity contribution in [3.05, 3.63) is 63.6 Å². The molecule has 0 aromatic heterocycles. The monoisotopic (exact) mass is 392 g/mol. The highest BCUT2D eigenvalue weighted by Crippen LogP contribution is 2.24. The molecular weight excluding hydrogens is 375 g/mol. The molecule has 7 heteroatoms. The van der Waals surface area contributed by atoms with E-state index in [0.717, 1.165) is 0 Å². The van der Waals surface area contributed by atoms with Gasteiger partial charge < -0.3 is 14.5 Å². The fourth-order valence-corrected chi connectivity index (χ4v) is 3.20. The van der Waals surface area contributed by atoms with Crippen molar-refractivity contribution in [3.8, 4) is 5.75 Å². The zero-order valence-corrected chi connectivity index (χ0v) is 15.8. The number of amides is 2. The molecule has 2 aromatic rings. The maximum Gasteiger partial charge on any atom is 0.257 e. The Bertz CT molecular complexity index is 816. The van der Waals surface area contributed by atoms with Gasteiger partial charge in [-0.1, -0.05) is 23.2 Å². The Kier molecular flexibility index (Phi) is 5.69. The number of hydrogen-bond acceptors (Lipinski definition) is 3. The molecule has 0 spiro atoms. The molecule has 1 aliphatic rings. The molecule has 136 valence electrons. The Labute approximate surface area is 162 Å². The van der Waals surface area contributed by atoms with Crippen molar-refractivity contribution >= 4 is 35.0 Å². The summed E-state index contributed by atoms with van der Waals surface area (Å²) in [4.78, 5) is 28.8.